The van der Waals surface area contributed by atoms with Crippen molar-refractivity contribution in [1.82, 2.24) is 5.32 Å². The molecule has 5 N–H and O–H groups in total. The van der Waals surface area contributed by atoms with Crippen LogP contribution in [0.4, 0.5) is 5.69 Å². The molecule has 0 radical (unpaired) electrons. The summed E-state index contributed by atoms with van der Waals surface area (Å²) in [5.41, 5.74) is 9.10. The number of benzene rings is 3. The van der Waals surface area contributed by atoms with Gasteiger partial charge in [-0.3, -0.25) is 24.1 Å². The normalized spacial score (nSPS) is 12.2. The van der Waals surface area contributed by atoms with Gasteiger partial charge in [0.2, 0.25) is 5.91 Å². The Bertz CT molecular complexity index is 1260. The minimum atomic E-state index is -1.22. The average molecular weight is 550 g/mol. The van der Waals surface area contributed by atoms with Gasteiger partial charge in [-0.25, -0.2) is 0 Å². The lowest BCUT2D eigenvalue weighted by Gasteiger charge is -2.27. The van der Waals surface area contributed by atoms with Crippen LogP contribution in [-0.4, -0.2) is 58.3 Å². The van der Waals surface area contributed by atoms with Crippen molar-refractivity contribution in [1.29, 1.82) is 0 Å². The van der Waals surface area contributed by atoms with Crippen molar-refractivity contribution < 1.29 is 29.4 Å². The Morgan fingerprint density at radius 1 is 0.846 bits per heavy atom. The zero-order valence-electron chi connectivity index (χ0n) is 21.2. The van der Waals surface area contributed by atoms with E-state index in [1.807, 2.05) is 54.6 Å². The molecule has 10 heteroatoms. The van der Waals surface area contributed by atoms with Crippen LogP contribution in [0.2, 0.25) is 0 Å². The number of aliphatic carboxylic acids is 2. The molecule has 0 fully saturated rings. The second-order valence-corrected chi connectivity index (χ2v) is 9.87. The van der Waals surface area contributed by atoms with Crippen LogP contribution in [0.5, 0.6) is 0 Å². The van der Waals surface area contributed by atoms with Gasteiger partial charge in [-0.15, -0.1) is 0 Å². The third-order valence-corrected chi connectivity index (χ3v) is 6.98. The van der Waals surface area contributed by atoms with E-state index >= 15 is 0 Å². The Morgan fingerprint density at radius 2 is 1.44 bits per heavy atom. The van der Waals surface area contributed by atoms with Crippen LogP contribution in [0.3, 0.4) is 0 Å². The number of thioether (sulfide) groups is 1. The second kappa shape index (κ2) is 14.7. The fraction of sp³-hybridized carbons (Fsp3) is 0.241. The first kappa shape index (κ1) is 29.4. The summed E-state index contributed by atoms with van der Waals surface area (Å²) in [4.78, 5) is 49.8. The number of carboxylic acids is 2. The summed E-state index contributed by atoms with van der Waals surface area (Å²) in [7, 11) is 0. The zero-order chi connectivity index (χ0) is 28.2. The van der Waals surface area contributed by atoms with Crippen molar-refractivity contribution in [3.8, 4) is 11.1 Å². The van der Waals surface area contributed by atoms with Gasteiger partial charge in [0.25, 0.3) is 5.91 Å². The monoisotopic (exact) mass is 549 g/mol. The first-order valence-corrected chi connectivity index (χ1v) is 13.5. The van der Waals surface area contributed by atoms with E-state index in [0.717, 1.165) is 21.6 Å². The SMILES string of the molecule is N[C@@H](CCC(=O)N[C@@H](CSCc1ccc(-c2ccccc2)cc1)C(=O)N(CC(=O)O)c1ccccc1)C(=O)O. The number of anilines is 1. The van der Waals surface area contributed by atoms with Gasteiger partial charge in [-0.2, -0.15) is 11.8 Å². The Morgan fingerprint density at radius 3 is 2.03 bits per heavy atom. The van der Waals surface area contributed by atoms with Crippen molar-refractivity contribution in [2.24, 2.45) is 5.73 Å². The van der Waals surface area contributed by atoms with Crippen molar-refractivity contribution in [2.45, 2.75) is 30.7 Å². The van der Waals surface area contributed by atoms with Gasteiger partial charge in [-0.1, -0.05) is 72.8 Å². The summed E-state index contributed by atoms with van der Waals surface area (Å²) < 4.78 is 0. The van der Waals surface area contributed by atoms with E-state index in [9.17, 15) is 24.3 Å². The van der Waals surface area contributed by atoms with Crippen LogP contribution in [0, 0.1) is 0 Å². The molecule has 39 heavy (non-hydrogen) atoms. The summed E-state index contributed by atoms with van der Waals surface area (Å²) in [5, 5.41) is 21.1. The summed E-state index contributed by atoms with van der Waals surface area (Å²) in [6.45, 7) is -0.579. The topological polar surface area (TPSA) is 150 Å². The molecule has 0 aromatic heterocycles. The van der Waals surface area contributed by atoms with Crippen LogP contribution in [-0.2, 0) is 24.9 Å². The molecule has 0 heterocycles. The molecule has 0 spiro atoms. The molecule has 9 nitrogen and oxygen atoms in total. The highest BCUT2D eigenvalue weighted by Crippen LogP contribution is 2.22. The number of amides is 2. The second-order valence-electron chi connectivity index (χ2n) is 8.84. The highest BCUT2D eigenvalue weighted by Gasteiger charge is 2.29. The minimum absolute atomic E-state index is 0.0967. The number of rotatable bonds is 14. The van der Waals surface area contributed by atoms with Gasteiger partial charge < -0.3 is 21.3 Å². The lowest BCUT2D eigenvalue weighted by Crippen LogP contribution is -2.51. The third-order valence-electron chi connectivity index (χ3n) is 5.87. The summed E-state index contributed by atoms with van der Waals surface area (Å²) in [6.07, 6.45) is -0.284. The first-order chi connectivity index (χ1) is 18.7. The van der Waals surface area contributed by atoms with E-state index in [0.29, 0.717) is 11.4 Å². The van der Waals surface area contributed by atoms with E-state index in [4.69, 9.17) is 10.8 Å². The first-order valence-electron chi connectivity index (χ1n) is 12.3. The van der Waals surface area contributed by atoms with Gasteiger partial charge in [0.1, 0.15) is 18.6 Å². The largest absolute Gasteiger partial charge is 0.480 e. The molecular weight excluding hydrogens is 518 g/mol. The van der Waals surface area contributed by atoms with Crippen LogP contribution in [0.25, 0.3) is 11.1 Å². The number of hydrogen-bond acceptors (Lipinski definition) is 6. The van der Waals surface area contributed by atoms with Gasteiger partial charge in [0.05, 0.1) is 0 Å². The lowest BCUT2D eigenvalue weighted by atomic mass is 10.0. The van der Waals surface area contributed by atoms with Crippen molar-refractivity contribution in [3.63, 3.8) is 0 Å². The summed E-state index contributed by atoms with van der Waals surface area (Å²) in [5.74, 6) is -2.80. The fourth-order valence-corrected chi connectivity index (χ4v) is 4.81. The highest BCUT2D eigenvalue weighted by molar-refractivity contribution is 7.98. The Hall–Kier alpha value is -4.15. The van der Waals surface area contributed by atoms with Crippen LogP contribution >= 0.6 is 11.8 Å². The van der Waals surface area contributed by atoms with Crippen molar-refractivity contribution in [3.05, 3.63) is 90.5 Å². The Labute approximate surface area is 231 Å². The smallest absolute Gasteiger partial charge is 0.323 e. The summed E-state index contributed by atoms with van der Waals surface area (Å²) in [6, 6.07) is 24.1. The number of carbonyl (C=O) groups is 4. The summed E-state index contributed by atoms with van der Waals surface area (Å²) >= 11 is 1.42. The van der Waals surface area contributed by atoms with Gasteiger partial charge in [0.15, 0.2) is 0 Å². The maximum absolute atomic E-state index is 13.5. The Balaban J connectivity index is 1.71. The molecule has 0 saturated carbocycles. The molecule has 3 aromatic carbocycles. The van der Waals surface area contributed by atoms with Crippen LogP contribution in [0.1, 0.15) is 18.4 Å². The average Bonchev–Trinajstić information content (AvgIpc) is 2.95. The predicted octanol–water partition coefficient (Wildman–Crippen LogP) is 3.38. The van der Waals surface area contributed by atoms with Crippen molar-refractivity contribution >= 4 is 41.2 Å². The van der Waals surface area contributed by atoms with Gasteiger partial charge in [0, 0.05) is 23.6 Å². The van der Waals surface area contributed by atoms with E-state index in [2.05, 4.69) is 5.32 Å². The maximum Gasteiger partial charge on any atom is 0.323 e. The quantitative estimate of drug-likeness (QED) is 0.239. The van der Waals surface area contributed by atoms with Gasteiger partial charge in [-0.05, 0) is 35.2 Å². The predicted molar refractivity (Wildman–Crippen MR) is 151 cm³/mol. The number of nitrogens with zero attached hydrogens (tertiary/aromatic N) is 1. The van der Waals surface area contributed by atoms with Crippen LogP contribution < -0.4 is 16.0 Å². The molecule has 0 unspecified atom stereocenters. The number of nitrogens with two attached hydrogens (primary N) is 1. The molecule has 0 aliphatic carbocycles. The molecular formula is C29H31N3O6S. The molecule has 2 atom stereocenters. The molecule has 204 valence electrons. The molecule has 0 bridgehead atoms. The lowest BCUT2D eigenvalue weighted by molar-refractivity contribution is -0.139. The number of nitrogens with one attached hydrogen (secondary N) is 1. The van der Waals surface area contributed by atoms with Crippen molar-refractivity contribution in [2.75, 3.05) is 17.2 Å². The molecule has 0 aliphatic heterocycles. The number of carbonyl (C=O) groups excluding carboxylic acids is 2. The third kappa shape index (κ3) is 9.27. The van der Waals surface area contributed by atoms with Gasteiger partial charge >= 0.3 is 11.9 Å². The Kier molecular flexibility index (Phi) is 11.1. The number of para-hydroxylation sites is 1. The molecule has 0 saturated heterocycles. The fourth-order valence-electron chi connectivity index (χ4n) is 3.80. The van der Waals surface area contributed by atoms with E-state index in [1.165, 1.54) is 11.8 Å². The van der Waals surface area contributed by atoms with E-state index < -0.39 is 42.4 Å². The molecule has 3 rings (SSSR count). The molecule has 0 aliphatic rings. The minimum Gasteiger partial charge on any atom is -0.480 e. The highest BCUT2D eigenvalue weighted by atomic mass is 32.2. The van der Waals surface area contributed by atoms with E-state index in [1.54, 1.807) is 30.3 Å². The number of carboxylic acid groups (broad SMARTS) is 2. The van der Waals surface area contributed by atoms with Crippen LogP contribution in [0.15, 0.2) is 84.9 Å². The molecule has 3 aromatic rings. The molecule has 2 amide bonds. The number of hydrogen-bond donors (Lipinski definition) is 4. The zero-order valence-corrected chi connectivity index (χ0v) is 22.0. The maximum atomic E-state index is 13.5. The standard InChI is InChI=1S/C29H31N3O6S/c30-24(29(37)38)15-16-26(33)31-25(28(36)32(17-27(34)35)23-9-5-2-6-10-23)19-39-18-20-11-13-22(14-12-20)21-7-3-1-4-8-21/h1-14,24-25H,15-19,30H2,(H,31,33)(H,34,35)(H,37,38)/t24-,25-/m0/s1. The van der Waals surface area contributed by atoms with E-state index in [-0.39, 0.29) is 18.6 Å².